The normalized spacial score (nSPS) is 15.8. The number of carbonyl (C=O) groups excluding carboxylic acids is 1. The lowest BCUT2D eigenvalue weighted by Gasteiger charge is -2.19. The maximum Gasteiger partial charge on any atom is 0.434 e. The number of halogens is 4. The van der Waals surface area contributed by atoms with E-state index in [2.05, 4.69) is 30.6 Å². The molecule has 39 heavy (non-hydrogen) atoms. The first-order valence-electron chi connectivity index (χ1n) is 11.5. The van der Waals surface area contributed by atoms with Gasteiger partial charge >= 0.3 is 6.18 Å². The standard InChI is InChI=1S/C23H17ClF3N9O2S/c24-16-7-12(8-28-20(16)36-30-3-4-31-36)33-22(38)15-9-32-35(19(15)23(25,26)27)17-10-29-21(18-14(17)2-6-39-18)34-5-1-13(37)11-34/h2-4,6-10,13,37H,1,5,11H2,(H,33,38). The number of anilines is 2. The minimum absolute atomic E-state index is 0.0702. The number of pyridine rings is 2. The summed E-state index contributed by atoms with van der Waals surface area (Å²) in [4.78, 5) is 24.6. The fourth-order valence-corrected chi connectivity index (χ4v) is 5.57. The predicted molar refractivity (Wildman–Crippen MR) is 137 cm³/mol. The molecule has 0 aromatic carbocycles. The zero-order valence-electron chi connectivity index (χ0n) is 19.7. The van der Waals surface area contributed by atoms with Crippen LogP contribution in [0.4, 0.5) is 24.7 Å². The van der Waals surface area contributed by atoms with Crippen LogP contribution in [0, 0.1) is 0 Å². The Morgan fingerprint density at radius 3 is 2.59 bits per heavy atom. The van der Waals surface area contributed by atoms with E-state index in [9.17, 15) is 23.1 Å². The van der Waals surface area contributed by atoms with Gasteiger partial charge in [0.15, 0.2) is 11.5 Å². The Kier molecular flexibility index (Phi) is 6.20. The van der Waals surface area contributed by atoms with E-state index in [4.69, 9.17) is 11.6 Å². The van der Waals surface area contributed by atoms with Crippen LogP contribution in [0.5, 0.6) is 0 Å². The van der Waals surface area contributed by atoms with E-state index >= 15 is 0 Å². The second-order valence-electron chi connectivity index (χ2n) is 8.64. The number of amides is 1. The second kappa shape index (κ2) is 9.59. The number of aromatic nitrogens is 7. The van der Waals surface area contributed by atoms with Crippen LogP contribution in [0.1, 0.15) is 22.5 Å². The van der Waals surface area contributed by atoms with Gasteiger partial charge in [0.05, 0.1) is 63.7 Å². The number of aliphatic hydroxyl groups is 1. The fraction of sp³-hybridized carbons (Fsp3) is 0.217. The van der Waals surface area contributed by atoms with Crippen LogP contribution in [0.25, 0.3) is 21.6 Å². The zero-order chi connectivity index (χ0) is 27.3. The Morgan fingerprint density at radius 1 is 1.13 bits per heavy atom. The zero-order valence-corrected chi connectivity index (χ0v) is 21.2. The fourth-order valence-electron chi connectivity index (χ4n) is 4.40. The van der Waals surface area contributed by atoms with Gasteiger partial charge in [0.1, 0.15) is 5.82 Å². The Hall–Kier alpha value is -4.08. The first-order chi connectivity index (χ1) is 18.7. The topological polar surface area (TPSA) is 127 Å². The van der Waals surface area contributed by atoms with E-state index in [1.165, 1.54) is 42.2 Å². The number of hydrogen-bond donors (Lipinski definition) is 2. The average Bonchev–Trinajstić information content (AvgIpc) is 3.70. The van der Waals surface area contributed by atoms with Crippen molar-refractivity contribution >= 4 is 50.4 Å². The smallest absolute Gasteiger partial charge is 0.391 e. The summed E-state index contributed by atoms with van der Waals surface area (Å²) in [6, 6.07) is 3.01. The summed E-state index contributed by atoms with van der Waals surface area (Å²) in [5, 5.41) is 26.4. The van der Waals surface area contributed by atoms with Crippen molar-refractivity contribution in [1.29, 1.82) is 0 Å². The maximum absolute atomic E-state index is 14.4. The van der Waals surface area contributed by atoms with Gasteiger partial charge in [-0.1, -0.05) is 11.6 Å². The van der Waals surface area contributed by atoms with Crippen LogP contribution in [-0.2, 0) is 6.18 Å². The number of hydrogen-bond acceptors (Lipinski definition) is 9. The SMILES string of the molecule is O=C(Nc1cnc(-n2nccn2)c(Cl)c1)c1cnn(-c2cnc(N3CCC(O)C3)c3sccc23)c1C(F)(F)F. The molecule has 1 aliphatic rings. The second-order valence-corrected chi connectivity index (χ2v) is 9.96. The molecule has 1 fully saturated rings. The first kappa shape index (κ1) is 25.2. The molecule has 0 saturated carbocycles. The Bertz CT molecular complexity index is 1690. The van der Waals surface area contributed by atoms with Crippen molar-refractivity contribution in [3.63, 3.8) is 0 Å². The number of aliphatic hydroxyl groups excluding tert-OH is 1. The largest absolute Gasteiger partial charge is 0.434 e. The molecule has 1 amide bonds. The number of rotatable bonds is 5. The summed E-state index contributed by atoms with van der Waals surface area (Å²) in [5.41, 5.74) is -1.80. The van der Waals surface area contributed by atoms with E-state index in [0.717, 1.165) is 11.0 Å². The van der Waals surface area contributed by atoms with Crippen molar-refractivity contribution < 1.29 is 23.1 Å². The van der Waals surface area contributed by atoms with Gasteiger partial charge in [0.25, 0.3) is 5.91 Å². The molecule has 1 unspecified atom stereocenters. The molecule has 6 heterocycles. The third-order valence-electron chi connectivity index (χ3n) is 6.11. The van der Waals surface area contributed by atoms with Crippen LogP contribution in [0.3, 0.4) is 0 Å². The Morgan fingerprint density at radius 2 is 1.90 bits per heavy atom. The summed E-state index contributed by atoms with van der Waals surface area (Å²) < 4.78 is 44.4. The molecule has 0 spiro atoms. The van der Waals surface area contributed by atoms with Crippen molar-refractivity contribution in [3.05, 3.63) is 64.8 Å². The van der Waals surface area contributed by atoms with E-state index in [0.29, 0.717) is 40.1 Å². The monoisotopic (exact) mass is 575 g/mol. The predicted octanol–water partition coefficient (Wildman–Crippen LogP) is 3.95. The minimum atomic E-state index is -4.92. The van der Waals surface area contributed by atoms with Crippen LogP contribution in [-0.4, -0.2) is 64.9 Å². The molecule has 5 aromatic heterocycles. The van der Waals surface area contributed by atoms with Gasteiger partial charge in [0.2, 0.25) is 0 Å². The van der Waals surface area contributed by atoms with Crippen molar-refractivity contribution in [3.8, 4) is 11.5 Å². The molecule has 1 atom stereocenters. The van der Waals surface area contributed by atoms with Crippen molar-refractivity contribution in [2.75, 3.05) is 23.3 Å². The molecule has 0 radical (unpaired) electrons. The van der Waals surface area contributed by atoms with Crippen LogP contribution in [0.2, 0.25) is 5.02 Å². The van der Waals surface area contributed by atoms with Gasteiger partial charge in [0, 0.05) is 18.5 Å². The molecule has 1 aliphatic heterocycles. The quantitative estimate of drug-likeness (QED) is 0.322. The lowest BCUT2D eigenvalue weighted by Crippen LogP contribution is -2.23. The summed E-state index contributed by atoms with van der Waals surface area (Å²) in [6.45, 7) is 0.969. The lowest BCUT2D eigenvalue weighted by atomic mass is 10.2. The van der Waals surface area contributed by atoms with Gasteiger partial charge in [-0.15, -0.1) is 16.1 Å². The average molecular weight is 576 g/mol. The number of alkyl halides is 3. The molecule has 0 bridgehead atoms. The molecule has 6 rings (SSSR count). The third-order valence-corrected chi connectivity index (χ3v) is 7.30. The van der Waals surface area contributed by atoms with Gasteiger partial charge in [-0.2, -0.15) is 28.5 Å². The van der Waals surface area contributed by atoms with Crippen molar-refractivity contribution in [2.24, 2.45) is 0 Å². The molecule has 5 aromatic rings. The number of nitrogens with one attached hydrogen (secondary N) is 1. The molecule has 2 N–H and O–H groups in total. The van der Waals surface area contributed by atoms with Crippen molar-refractivity contribution in [2.45, 2.75) is 18.7 Å². The van der Waals surface area contributed by atoms with Crippen LogP contribution in [0.15, 0.2) is 48.5 Å². The summed E-state index contributed by atoms with van der Waals surface area (Å²) >= 11 is 7.54. The van der Waals surface area contributed by atoms with Gasteiger partial charge in [-0.05, 0) is 23.9 Å². The highest BCUT2D eigenvalue weighted by Gasteiger charge is 2.41. The summed E-state index contributed by atoms with van der Waals surface area (Å²) in [5.74, 6) is -0.284. The van der Waals surface area contributed by atoms with E-state index in [1.807, 2.05) is 4.90 Å². The molecular formula is C23H17ClF3N9O2S. The Balaban J connectivity index is 1.36. The highest BCUT2D eigenvalue weighted by atomic mass is 35.5. The highest BCUT2D eigenvalue weighted by Crippen LogP contribution is 2.39. The van der Waals surface area contributed by atoms with Crippen molar-refractivity contribution in [1.82, 2.24) is 34.7 Å². The van der Waals surface area contributed by atoms with Crippen LogP contribution < -0.4 is 10.2 Å². The van der Waals surface area contributed by atoms with E-state index in [1.54, 1.807) is 11.4 Å². The van der Waals surface area contributed by atoms with E-state index < -0.39 is 29.4 Å². The minimum Gasteiger partial charge on any atom is -0.391 e. The Labute approximate surface area is 226 Å². The lowest BCUT2D eigenvalue weighted by molar-refractivity contribution is -0.143. The highest BCUT2D eigenvalue weighted by molar-refractivity contribution is 7.17. The first-order valence-corrected chi connectivity index (χ1v) is 12.7. The molecule has 0 aliphatic carbocycles. The summed E-state index contributed by atoms with van der Waals surface area (Å²) in [7, 11) is 0. The van der Waals surface area contributed by atoms with Crippen LogP contribution >= 0.6 is 22.9 Å². The molecule has 200 valence electrons. The maximum atomic E-state index is 14.4. The number of β-amino-alcohol motifs (C(OH)–C–C–N with tert-alkyl or cyclic N) is 1. The number of fused-ring (bicyclic) bond motifs is 1. The molecular weight excluding hydrogens is 559 g/mol. The van der Waals surface area contributed by atoms with Gasteiger partial charge < -0.3 is 15.3 Å². The molecule has 16 heteroatoms. The number of thiophene rings is 1. The third kappa shape index (κ3) is 4.57. The number of nitrogens with zero attached hydrogens (tertiary/aromatic N) is 8. The number of carbonyl (C=O) groups is 1. The van der Waals surface area contributed by atoms with E-state index in [-0.39, 0.29) is 22.2 Å². The van der Waals surface area contributed by atoms with Gasteiger partial charge in [-0.25, -0.2) is 14.6 Å². The molecule has 1 saturated heterocycles. The summed E-state index contributed by atoms with van der Waals surface area (Å²) in [6.07, 6.45) is 1.40. The van der Waals surface area contributed by atoms with Gasteiger partial charge in [-0.3, -0.25) is 4.79 Å². The molecule has 11 nitrogen and oxygen atoms in total.